The van der Waals surface area contributed by atoms with E-state index in [1.807, 2.05) is 0 Å². The van der Waals surface area contributed by atoms with E-state index in [-0.39, 0.29) is 18.4 Å². The van der Waals surface area contributed by atoms with E-state index in [0.717, 1.165) is 5.75 Å². The lowest BCUT2D eigenvalue weighted by Crippen LogP contribution is -2.15. The molecule has 0 radical (unpaired) electrons. The van der Waals surface area contributed by atoms with Gasteiger partial charge in [-0.1, -0.05) is 29.3 Å². The van der Waals surface area contributed by atoms with Crippen molar-refractivity contribution in [2.24, 2.45) is 0 Å². The zero-order valence-corrected chi connectivity index (χ0v) is 18.4. The number of anilines is 1. The molecular weight excluding hydrogens is 455 g/mol. The minimum absolute atomic E-state index is 0.141. The second kappa shape index (κ2) is 9.71. The molecule has 164 valence electrons. The molecular formula is C21H18Cl2N6O3. The van der Waals surface area contributed by atoms with Gasteiger partial charge in [-0.3, -0.25) is 10.1 Å². The number of rotatable bonds is 8. The van der Waals surface area contributed by atoms with Gasteiger partial charge in [0.25, 0.3) is 5.91 Å². The van der Waals surface area contributed by atoms with Gasteiger partial charge in [-0.05, 0) is 42.5 Å². The Bertz CT molecular complexity index is 1200. The summed E-state index contributed by atoms with van der Waals surface area (Å²) in [5.74, 6) is 1.09. The first-order valence-electron chi connectivity index (χ1n) is 9.46. The van der Waals surface area contributed by atoms with Gasteiger partial charge in [0.15, 0.2) is 12.4 Å². The molecule has 1 amide bonds. The zero-order valence-electron chi connectivity index (χ0n) is 16.9. The monoisotopic (exact) mass is 472 g/mol. The number of ether oxygens (including phenoxy) is 2. The fourth-order valence-corrected chi connectivity index (χ4v) is 3.32. The Hall–Kier alpha value is -3.56. The topological polar surface area (TPSA) is 96.1 Å². The first-order chi connectivity index (χ1) is 15.5. The first kappa shape index (κ1) is 21.7. The van der Waals surface area contributed by atoms with Crippen LogP contribution >= 0.6 is 23.2 Å². The highest BCUT2D eigenvalue weighted by atomic mass is 35.5. The molecule has 0 aliphatic heterocycles. The molecule has 9 nitrogen and oxygen atoms in total. The van der Waals surface area contributed by atoms with Crippen LogP contribution in [0.15, 0.2) is 61.1 Å². The minimum atomic E-state index is -0.443. The number of methoxy groups -OCH3 is 1. The van der Waals surface area contributed by atoms with E-state index in [1.165, 1.54) is 15.7 Å². The Morgan fingerprint density at radius 2 is 1.72 bits per heavy atom. The molecule has 0 aliphatic rings. The number of hydrogen-bond acceptors (Lipinski definition) is 6. The molecule has 2 aromatic heterocycles. The Morgan fingerprint density at radius 3 is 2.44 bits per heavy atom. The van der Waals surface area contributed by atoms with Crippen LogP contribution in [-0.2, 0) is 13.3 Å². The van der Waals surface area contributed by atoms with Crippen molar-refractivity contribution in [1.82, 2.24) is 24.5 Å². The summed E-state index contributed by atoms with van der Waals surface area (Å²) in [6.45, 7) is 0.462. The summed E-state index contributed by atoms with van der Waals surface area (Å²) in [4.78, 5) is 16.6. The molecule has 32 heavy (non-hydrogen) atoms. The molecule has 4 rings (SSSR count). The van der Waals surface area contributed by atoms with Crippen LogP contribution in [0.5, 0.6) is 11.5 Å². The number of amides is 1. The van der Waals surface area contributed by atoms with Gasteiger partial charge in [0.2, 0.25) is 5.95 Å². The first-order valence-corrected chi connectivity index (χ1v) is 10.2. The average Bonchev–Trinajstić information content (AvgIpc) is 3.45. The van der Waals surface area contributed by atoms with Crippen LogP contribution in [0, 0.1) is 0 Å². The van der Waals surface area contributed by atoms with Crippen LogP contribution in [-0.4, -0.2) is 37.6 Å². The Kier molecular flexibility index (Phi) is 6.58. The molecule has 2 aromatic carbocycles. The fraction of sp³-hybridized carbons (Fsp3) is 0.143. The molecule has 0 saturated carbocycles. The summed E-state index contributed by atoms with van der Waals surface area (Å²) in [7, 11) is 1.60. The number of nitrogens with zero attached hydrogens (tertiary/aromatic N) is 5. The van der Waals surface area contributed by atoms with Crippen LogP contribution in [0.1, 0.15) is 16.1 Å². The lowest BCUT2D eigenvalue weighted by atomic mass is 10.2. The standard InChI is InChI=1S/C21H18Cl2N6O3/c1-31-14-5-7-15(8-6-14)32-13-28-10-9-19(26-28)20(30)25-21-24-12-29(27-21)11-16-17(22)3-2-4-18(16)23/h2-10,12H,11,13H2,1H3,(H,25,27,30). The molecule has 4 aromatic rings. The normalized spacial score (nSPS) is 10.7. The van der Waals surface area contributed by atoms with Crippen molar-refractivity contribution < 1.29 is 14.3 Å². The number of benzene rings is 2. The van der Waals surface area contributed by atoms with Crippen LogP contribution < -0.4 is 14.8 Å². The number of carbonyl (C=O) groups is 1. The maximum absolute atomic E-state index is 12.5. The van der Waals surface area contributed by atoms with Crippen molar-refractivity contribution in [1.29, 1.82) is 0 Å². The second-order valence-corrected chi connectivity index (χ2v) is 7.42. The SMILES string of the molecule is COc1ccc(OCn2ccc(C(=O)Nc3ncn(Cc4c(Cl)cccc4Cl)n3)n2)cc1. The number of nitrogens with one attached hydrogen (secondary N) is 1. The minimum Gasteiger partial charge on any atom is -0.497 e. The summed E-state index contributed by atoms with van der Waals surface area (Å²) >= 11 is 12.4. The summed E-state index contributed by atoms with van der Waals surface area (Å²) in [6.07, 6.45) is 3.13. The maximum Gasteiger partial charge on any atom is 0.278 e. The molecule has 1 N–H and O–H groups in total. The highest BCUT2D eigenvalue weighted by molar-refractivity contribution is 6.35. The van der Waals surface area contributed by atoms with Crippen LogP contribution in [0.2, 0.25) is 10.0 Å². The van der Waals surface area contributed by atoms with Crippen molar-refractivity contribution in [3.8, 4) is 11.5 Å². The molecule has 0 unspecified atom stereocenters. The molecule has 0 bridgehead atoms. The number of hydrogen-bond donors (Lipinski definition) is 1. The van der Waals surface area contributed by atoms with Gasteiger partial charge >= 0.3 is 0 Å². The molecule has 11 heteroatoms. The molecule has 0 atom stereocenters. The van der Waals surface area contributed by atoms with E-state index >= 15 is 0 Å². The van der Waals surface area contributed by atoms with Gasteiger partial charge in [0.1, 0.15) is 17.8 Å². The molecule has 0 aliphatic carbocycles. The van der Waals surface area contributed by atoms with Gasteiger partial charge in [-0.25, -0.2) is 14.3 Å². The van der Waals surface area contributed by atoms with E-state index in [1.54, 1.807) is 61.8 Å². The largest absolute Gasteiger partial charge is 0.497 e. The van der Waals surface area contributed by atoms with Gasteiger partial charge in [-0.2, -0.15) is 5.10 Å². The molecule has 0 spiro atoms. The van der Waals surface area contributed by atoms with Crippen molar-refractivity contribution >= 4 is 35.1 Å². The van der Waals surface area contributed by atoms with E-state index in [9.17, 15) is 4.79 Å². The van der Waals surface area contributed by atoms with E-state index in [4.69, 9.17) is 32.7 Å². The second-order valence-electron chi connectivity index (χ2n) is 6.61. The van der Waals surface area contributed by atoms with E-state index < -0.39 is 5.91 Å². The third-order valence-electron chi connectivity index (χ3n) is 4.44. The number of carbonyl (C=O) groups excluding carboxylic acids is 1. The van der Waals surface area contributed by atoms with E-state index in [0.29, 0.717) is 27.9 Å². The van der Waals surface area contributed by atoms with E-state index in [2.05, 4.69) is 20.5 Å². The number of aromatic nitrogens is 5. The van der Waals surface area contributed by atoms with Gasteiger partial charge in [0.05, 0.1) is 13.7 Å². The number of halogens is 2. The van der Waals surface area contributed by atoms with Gasteiger partial charge in [-0.15, -0.1) is 5.10 Å². The third-order valence-corrected chi connectivity index (χ3v) is 5.15. The predicted octanol–water partition coefficient (Wildman–Crippen LogP) is 4.13. The predicted molar refractivity (Wildman–Crippen MR) is 119 cm³/mol. The zero-order chi connectivity index (χ0) is 22.5. The van der Waals surface area contributed by atoms with Crippen molar-refractivity contribution in [2.45, 2.75) is 13.3 Å². The lowest BCUT2D eigenvalue weighted by molar-refractivity contribution is 0.101. The maximum atomic E-state index is 12.5. The summed E-state index contributed by atoms with van der Waals surface area (Å²) in [6, 6.07) is 14.0. The van der Waals surface area contributed by atoms with Gasteiger partial charge < -0.3 is 9.47 Å². The van der Waals surface area contributed by atoms with Gasteiger partial charge in [0, 0.05) is 21.8 Å². The summed E-state index contributed by atoms with van der Waals surface area (Å²) in [5.41, 5.74) is 0.919. The van der Waals surface area contributed by atoms with Crippen molar-refractivity contribution in [2.75, 3.05) is 12.4 Å². The average molecular weight is 473 g/mol. The quantitative estimate of drug-likeness (QED) is 0.414. The summed E-state index contributed by atoms with van der Waals surface area (Å²) < 4.78 is 13.8. The molecule has 2 heterocycles. The van der Waals surface area contributed by atoms with Crippen molar-refractivity contribution in [3.05, 3.63) is 82.4 Å². The lowest BCUT2D eigenvalue weighted by Gasteiger charge is -2.07. The van der Waals surface area contributed by atoms with Crippen LogP contribution in [0.3, 0.4) is 0 Å². The molecule has 0 fully saturated rings. The Labute approximate surface area is 193 Å². The Morgan fingerprint density at radius 1 is 1.00 bits per heavy atom. The highest BCUT2D eigenvalue weighted by Crippen LogP contribution is 2.25. The van der Waals surface area contributed by atoms with Crippen LogP contribution in [0.25, 0.3) is 0 Å². The fourth-order valence-electron chi connectivity index (χ4n) is 2.81. The highest BCUT2D eigenvalue weighted by Gasteiger charge is 2.14. The third kappa shape index (κ3) is 5.19. The smallest absolute Gasteiger partial charge is 0.278 e. The summed E-state index contributed by atoms with van der Waals surface area (Å²) in [5, 5.41) is 12.1. The molecule has 0 saturated heterocycles. The van der Waals surface area contributed by atoms with Crippen LogP contribution in [0.4, 0.5) is 5.95 Å². The Balaban J connectivity index is 1.34. The van der Waals surface area contributed by atoms with Crippen molar-refractivity contribution in [3.63, 3.8) is 0 Å².